The summed E-state index contributed by atoms with van der Waals surface area (Å²) in [6.45, 7) is 1.82. The molecule has 0 aliphatic carbocycles. The molecule has 0 aliphatic rings. The summed E-state index contributed by atoms with van der Waals surface area (Å²) in [6, 6.07) is 3.13. The molecule has 14 heavy (non-hydrogen) atoms. The van der Waals surface area contributed by atoms with E-state index in [2.05, 4.69) is 5.32 Å². The topological polar surface area (TPSA) is 58.6 Å². The lowest BCUT2D eigenvalue weighted by molar-refractivity contribution is -0.109. The third-order valence-corrected chi connectivity index (χ3v) is 1.82. The first-order valence-electron chi connectivity index (χ1n) is 4.27. The number of hydrogen-bond acceptors (Lipinski definition) is 4. The van der Waals surface area contributed by atoms with Crippen LogP contribution < -0.4 is 10.1 Å². The van der Waals surface area contributed by atoms with Crippen LogP contribution in [-0.2, 0) is 4.79 Å². The third kappa shape index (κ3) is 2.16. The normalized spacial score (nSPS) is 9.57. The van der Waals surface area contributed by atoms with Crippen LogP contribution in [0.15, 0.2) is 12.1 Å². The highest BCUT2D eigenvalue weighted by Crippen LogP contribution is 2.32. The monoisotopic (exact) mass is 195 g/mol. The smallest absolute Gasteiger partial charge is 0.157 e. The zero-order chi connectivity index (χ0) is 10.6. The molecule has 0 bridgehead atoms. The minimum atomic E-state index is 0.0142. The van der Waals surface area contributed by atoms with Crippen LogP contribution in [0.4, 0.5) is 5.69 Å². The van der Waals surface area contributed by atoms with E-state index in [1.807, 2.05) is 0 Å². The van der Waals surface area contributed by atoms with Crippen molar-refractivity contribution in [3.63, 3.8) is 0 Å². The highest BCUT2D eigenvalue weighted by atomic mass is 16.5. The Morgan fingerprint density at radius 1 is 1.57 bits per heavy atom. The van der Waals surface area contributed by atoms with Crippen molar-refractivity contribution in [2.45, 2.75) is 6.92 Å². The van der Waals surface area contributed by atoms with E-state index in [9.17, 15) is 9.90 Å². The minimum Gasteiger partial charge on any atom is -0.508 e. The van der Waals surface area contributed by atoms with Crippen LogP contribution in [0, 0.1) is 6.92 Å². The predicted octanol–water partition coefficient (Wildman–Crippen LogP) is 1.32. The van der Waals surface area contributed by atoms with Crippen LogP contribution in [0.1, 0.15) is 5.56 Å². The van der Waals surface area contributed by atoms with E-state index < -0.39 is 0 Å². The molecule has 0 saturated carbocycles. The molecule has 0 aromatic heterocycles. The number of phenolic OH excluding ortho intramolecular Hbond substituents is 1. The lowest BCUT2D eigenvalue weighted by Crippen LogP contribution is -2.02. The van der Waals surface area contributed by atoms with Gasteiger partial charge in [-0.15, -0.1) is 0 Å². The quantitative estimate of drug-likeness (QED) is 0.711. The summed E-state index contributed by atoms with van der Waals surface area (Å²) in [7, 11) is 1.72. The maximum absolute atomic E-state index is 10.2. The van der Waals surface area contributed by atoms with Gasteiger partial charge in [-0.2, -0.15) is 0 Å². The zero-order valence-electron chi connectivity index (χ0n) is 8.20. The minimum absolute atomic E-state index is 0.0142. The molecule has 2 N–H and O–H groups in total. The molecular weight excluding hydrogens is 182 g/mol. The number of carbonyl (C=O) groups is 1. The van der Waals surface area contributed by atoms with Crippen LogP contribution in [0.3, 0.4) is 0 Å². The fourth-order valence-corrected chi connectivity index (χ4v) is 1.25. The maximum atomic E-state index is 10.2. The first-order valence-corrected chi connectivity index (χ1v) is 4.27. The number of rotatable bonds is 4. The summed E-state index contributed by atoms with van der Waals surface area (Å²) in [6.07, 6.45) is 0.686. The van der Waals surface area contributed by atoms with Crippen LogP contribution in [0.2, 0.25) is 0 Å². The molecule has 0 unspecified atom stereocenters. The third-order valence-electron chi connectivity index (χ3n) is 1.82. The summed E-state index contributed by atoms with van der Waals surface area (Å²) in [5.41, 5.74) is 1.46. The number of benzene rings is 1. The molecule has 0 aliphatic heterocycles. The van der Waals surface area contributed by atoms with Crippen molar-refractivity contribution < 1.29 is 14.6 Å². The van der Waals surface area contributed by atoms with Crippen molar-refractivity contribution in [3.8, 4) is 11.5 Å². The lowest BCUT2D eigenvalue weighted by atomic mass is 10.2. The Morgan fingerprint density at radius 3 is 2.86 bits per heavy atom. The highest BCUT2D eigenvalue weighted by molar-refractivity contribution is 5.64. The van der Waals surface area contributed by atoms with E-state index in [-0.39, 0.29) is 12.4 Å². The Kier molecular flexibility index (Phi) is 3.34. The van der Waals surface area contributed by atoms with Gasteiger partial charge < -0.3 is 15.2 Å². The van der Waals surface area contributed by atoms with E-state index in [0.717, 1.165) is 5.56 Å². The molecule has 0 atom stereocenters. The Labute approximate surface area is 82.5 Å². The lowest BCUT2D eigenvalue weighted by Gasteiger charge is -2.12. The number of phenols is 1. The molecule has 0 spiro atoms. The van der Waals surface area contributed by atoms with Gasteiger partial charge in [0.05, 0.1) is 5.69 Å². The molecule has 1 aromatic carbocycles. The van der Waals surface area contributed by atoms with Crippen LogP contribution in [0.5, 0.6) is 11.5 Å². The van der Waals surface area contributed by atoms with Gasteiger partial charge in [-0.25, -0.2) is 0 Å². The van der Waals surface area contributed by atoms with Gasteiger partial charge >= 0.3 is 0 Å². The number of ether oxygens (including phenoxy) is 1. The fourth-order valence-electron chi connectivity index (χ4n) is 1.25. The molecule has 1 rings (SSSR count). The zero-order valence-corrected chi connectivity index (χ0v) is 8.20. The molecule has 4 heteroatoms. The summed E-state index contributed by atoms with van der Waals surface area (Å²) in [5, 5.41) is 12.2. The van der Waals surface area contributed by atoms with E-state index in [1.165, 1.54) is 0 Å². The average molecular weight is 195 g/mol. The molecule has 4 nitrogen and oxygen atoms in total. The standard InChI is InChI=1S/C10H13NO3/c1-7-5-8(13)6-9(11-2)10(7)14-4-3-12/h3,5-6,11,13H,4H2,1-2H3. The molecule has 0 saturated heterocycles. The molecule has 1 aromatic rings. The van der Waals surface area contributed by atoms with Crippen LogP contribution in [0.25, 0.3) is 0 Å². The van der Waals surface area contributed by atoms with E-state index in [1.54, 1.807) is 26.1 Å². The molecule has 0 radical (unpaired) electrons. The average Bonchev–Trinajstić information content (AvgIpc) is 2.15. The molecule has 0 heterocycles. The Hall–Kier alpha value is -1.71. The Morgan fingerprint density at radius 2 is 2.29 bits per heavy atom. The Bertz CT molecular complexity index is 336. The second kappa shape index (κ2) is 4.50. The van der Waals surface area contributed by atoms with Crippen molar-refractivity contribution in [3.05, 3.63) is 17.7 Å². The van der Waals surface area contributed by atoms with E-state index in [0.29, 0.717) is 17.7 Å². The molecule has 0 fully saturated rings. The van der Waals surface area contributed by atoms with E-state index >= 15 is 0 Å². The summed E-state index contributed by atoms with van der Waals surface area (Å²) >= 11 is 0. The number of aldehydes is 1. The second-order valence-corrected chi connectivity index (χ2v) is 2.87. The van der Waals surface area contributed by atoms with Gasteiger partial charge in [0, 0.05) is 13.1 Å². The fraction of sp³-hybridized carbons (Fsp3) is 0.300. The largest absolute Gasteiger partial charge is 0.508 e. The highest BCUT2D eigenvalue weighted by Gasteiger charge is 2.07. The van der Waals surface area contributed by atoms with Crippen molar-refractivity contribution >= 4 is 12.0 Å². The van der Waals surface area contributed by atoms with E-state index in [4.69, 9.17) is 4.74 Å². The molecule has 76 valence electrons. The van der Waals surface area contributed by atoms with Crippen molar-refractivity contribution in [2.75, 3.05) is 19.0 Å². The maximum Gasteiger partial charge on any atom is 0.157 e. The summed E-state index contributed by atoms with van der Waals surface area (Å²) < 4.78 is 5.22. The van der Waals surface area contributed by atoms with Crippen molar-refractivity contribution in [1.29, 1.82) is 0 Å². The van der Waals surface area contributed by atoms with Gasteiger partial charge in [-0.3, -0.25) is 4.79 Å². The number of carbonyl (C=O) groups excluding carboxylic acids is 1. The van der Waals surface area contributed by atoms with Crippen molar-refractivity contribution in [2.24, 2.45) is 0 Å². The second-order valence-electron chi connectivity index (χ2n) is 2.87. The number of hydrogen-bond donors (Lipinski definition) is 2. The first kappa shape index (κ1) is 10.4. The number of aromatic hydroxyl groups is 1. The van der Waals surface area contributed by atoms with Gasteiger partial charge in [-0.05, 0) is 18.6 Å². The van der Waals surface area contributed by atoms with Gasteiger partial charge in [-0.1, -0.05) is 0 Å². The number of nitrogens with one attached hydrogen (secondary N) is 1. The number of anilines is 1. The number of aryl methyl sites for hydroxylation is 1. The SMILES string of the molecule is CNc1cc(O)cc(C)c1OCC=O. The summed E-state index contributed by atoms with van der Waals surface area (Å²) in [5.74, 6) is 0.766. The van der Waals surface area contributed by atoms with Gasteiger partial charge in [0.2, 0.25) is 0 Å². The molecular formula is C10H13NO3. The first-order chi connectivity index (χ1) is 6.69. The molecule has 0 amide bonds. The van der Waals surface area contributed by atoms with Crippen LogP contribution in [-0.4, -0.2) is 25.0 Å². The van der Waals surface area contributed by atoms with Crippen molar-refractivity contribution in [1.82, 2.24) is 0 Å². The van der Waals surface area contributed by atoms with Crippen LogP contribution >= 0.6 is 0 Å². The predicted molar refractivity (Wildman–Crippen MR) is 53.9 cm³/mol. The van der Waals surface area contributed by atoms with Gasteiger partial charge in [0.1, 0.15) is 18.1 Å². The Balaban J connectivity index is 3.04. The summed E-state index contributed by atoms with van der Waals surface area (Å²) in [4.78, 5) is 10.2. The van der Waals surface area contributed by atoms with Gasteiger partial charge in [0.15, 0.2) is 6.29 Å². The van der Waals surface area contributed by atoms with Gasteiger partial charge in [0.25, 0.3) is 0 Å².